The molecule has 2 aromatic heterocycles. The fraction of sp³-hybridized carbons (Fsp3) is 0.353. The van der Waals surface area contributed by atoms with Gasteiger partial charge in [-0.25, -0.2) is 0 Å². The monoisotopic (exact) mass is 284 g/mol. The zero-order valence-corrected chi connectivity index (χ0v) is 12.8. The summed E-state index contributed by atoms with van der Waals surface area (Å²) in [4.78, 5) is 0. The number of aromatic nitrogens is 2. The minimum Gasteiger partial charge on any atom is -0.458 e. The minimum absolute atomic E-state index is 0.518. The van der Waals surface area contributed by atoms with E-state index in [4.69, 9.17) is 4.42 Å². The molecule has 1 unspecified atom stereocenters. The van der Waals surface area contributed by atoms with Gasteiger partial charge in [0.2, 0.25) is 0 Å². The first kappa shape index (κ1) is 13.9. The van der Waals surface area contributed by atoms with Gasteiger partial charge in [-0.15, -0.1) is 0 Å². The molecule has 0 spiro atoms. The van der Waals surface area contributed by atoms with E-state index in [0.717, 1.165) is 33.5 Å². The van der Waals surface area contributed by atoms with Gasteiger partial charge in [-0.3, -0.25) is 4.68 Å². The van der Waals surface area contributed by atoms with Crippen LogP contribution in [0.15, 0.2) is 28.7 Å². The first-order chi connectivity index (χ1) is 9.97. The van der Waals surface area contributed by atoms with E-state index in [1.165, 1.54) is 0 Å². The number of para-hydroxylation sites is 1. The van der Waals surface area contributed by atoms with Gasteiger partial charge in [0.15, 0.2) is 0 Å². The van der Waals surface area contributed by atoms with Gasteiger partial charge in [0.25, 0.3) is 0 Å². The molecule has 3 aromatic rings. The lowest BCUT2D eigenvalue weighted by molar-refractivity contribution is 0.152. The van der Waals surface area contributed by atoms with Gasteiger partial charge in [0.05, 0.1) is 5.69 Å². The quantitative estimate of drug-likeness (QED) is 0.802. The molecule has 0 aliphatic heterocycles. The highest BCUT2D eigenvalue weighted by Crippen LogP contribution is 2.29. The summed E-state index contributed by atoms with van der Waals surface area (Å²) in [6.45, 7) is 6.00. The van der Waals surface area contributed by atoms with Crippen LogP contribution < -0.4 is 0 Å². The smallest absolute Gasteiger partial charge is 0.137 e. The van der Waals surface area contributed by atoms with Crippen LogP contribution in [0.4, 0.5) is 0 Å². The summed E-state index contributed by atoms with van der Waals surface area (Å²) in [5.41, 5.74) is 5.06. The van der Waals surface area contributed by atoms with E-state index >= 15 is 0 Å². The first-order valence-corrected chi connectivity index (χ1v) is 7.13. The number of aliphatic hydroxyl groups excluding tert-OH is 1. The van der Waals surface area contributed by atoms with Crippen molar-refractivity contribution in [2.45, 2.75) is 33.3 Å². The van der Waals surface area contributed by atoms with E-state index in [1.54, 1.807) is 0 Å². The second kappa shape index (κ2) is 5.04. The maximum Gasteiger partial charge on any atom is 0.137 e. The van der Waals surface area contributed by atoms with Gasteiger partial charge < -0.3 is 9.52 Å². The molecular formula is C17H20N2O2. The number of hydrogen-bond donors (Lipinski definition) is 1. The second-order valence-electron chi connectivity index (χ2n) is 5.63. The molecule has 3 rings (SSSR count). The lowest BCUT2D eigenvalue weighted by Gasteiger charge is -2.08. The number of hydrogen-bond acceptors (Lipinski definition) is 3. The Kier molecular flexibility index (Phi) is 3.33. The third-order valence-electron chi connectivity index (χ3n) is 4.14. The van der Waals surface area contributed by atoms with Crippen LogP contribution in [0.25, 0.3) is 11.0 Å². The van der Waals surface area contributed by atoms with Crippen molar-refractivity contribution in [2.75, 3.05) is 0 Å². The summed E-state index contributed by atoms with van der Waals surface area (Å²) < 4.78 is 7.69. The maximum absolute atomic E-state index is 10.5. The fourth-order valence-electron chi connectivity index (χ4n) is 2.80. The van der Waals surface area contributed by atoms with E-state index < -0.39 is 6.10 Å². The average molecular weight is 284 g/mol. The molecule has 1 atom stereocenters. The molecule has 110 valence electrons. The highest BCUT2D eigenvalue weighted by atomic mass is 16.4. The van der Waals surface area contributed by atoms with Crippen molar-refractivity contribution < 1.29 is 9.52 Å². The Morgan fingerprint density at radius 3 is 2.67 bits per heavy atom. The second-order valence-corrected chi connectivity index (χ2v) is 5.63. The highest BCUT2D eigenvalue weighted by molar-refractivity contribution is 5.80. The molecule has 0 amide bonds. The van der Waals surface area contributed by atoms with Crippen molar-refractivity contribution >= 4 is 11.0 Å². The highest BCUT2D eigenvalue weighted by Gasteiger charge is 2.19. The first-order valence-electron chi connectivity index (χ1n) is 7.13. The van der Waals surface area contributed by atoms with Gasteiger partial charge in [0.1, 0.15) is 17.4 Å². The van der Waals surface area contributed by atoms with Crippen molar-refractivity contribution in [2.24, 2.45) is 7.05 Å². The Bertz CT molecular complexity index is 799. The van der Waals surface area contributed by atoms with Crippen LogP contribution in [0.5, 0.6) is 0 Å². The molecule has 2 heterocycles. The van der Waals surface area contributed by atoms with Crippen molar-refractivity contribution in [1.82, 2.24) is 9.78 Å². The standard InChI is InChI=1S/C17H20N2O2/c1-10-6-5-7-13-8-16(21-17(10)13)15(20)9-14-11(2)18-19(4)12(14)3/h5-8,15,20H,9H2,1-4H3. The Hall–Kier alpha value is -2.07. The lowest BCUT2D eigenvalue weighted by Crippen LogP contribution is -2.03. The topological polar surface area (TPSA) is 51.2 Å². The normalized spacial score (nSPS) is 13.0. The van der Waals surface area contributed by atoms with Crippen LogP contribution in [0.3, 0.4) is 0 Å². The summed E-state index contributed by atoms with van der Waals surface area (Å²) in [6, 6.07) is 7.94. The Balaban J connectivity index is 1.93. The van der Waals surface area contributed by atoms with Gasteiger partial charge in [-0.05, 0) is 38.0 Å². The largest absolute Gasteiger partial charge is 0.458 e. The van der Waals surface area contributed by atoms with Crippen LogP contribution in [0.2, 0.25) is 0 Å². The number of rotatable bonds is 3. The van der Waals surface area contributed by atoms with Crippen LogP contribution in [-0.2, 0) is 13.5 Å². The van der Waals surface area contributed by atoms with E-state index in [9.17, 15) is 5.11 Å². The van der Waals surface area contributed by atoms with E-state index in [2.05, 4.69) is 5.10 Å². The van der Waals surface area contributed by atoms with Crippen molar-refractivity contribution in [3.63, 3.8) is 0 Å². The maximum atomic E-state index is 10.5. The van der Waals surface area contributed by atoms with Gasteiger partial charge in [-0.1, -0.05) is 18.2 Å². The third kappa shape index (κ3) is 2.36. The van der Waals surface area contributed by atoms with Crippen LogP contribution >= 0.6 is 0 Å². The predicted octanol–water partition coefficient (Wildman–Crippen LogP) is 3.37. The number of furan rings is 1. The van der Waals surface area contributed by atoms with Crippen LogP contribution in [-0.4, -0.2) is 14.9 Å². The van der Waals surface area contributed by atoms with Crippen LogP contribution in [0, 0.1) is 20.8 Å². The van der Waals surface area contributed by atoms with Gasteiger partial charge in [-0.2, -0.15) is 5.10 Å². The van der Waals surface area contributed by atoms with E-state index in [1.807, 2.05) is 56.8 Å². The summed E-state index contributed by atoms with van der Waals surface area (Å²) in [5.74, 6) is 0.613. The molecule has 0 saturated carbocycles. The summed E-state index contributed by atoms with van der Waals surface area (Å²) in [5, 5.41) is 15.9. The number of fused-ring (bicyclic) bond motifs is 1. The minimum atomic E-state index is -0.654. The van der Waals surface area contributed by atoms with Crippen molar-refractivity contribution in [3.05, 3.63) is 52.5 Å². The molecular weight excluding hydrogens is 264 g/mol. The number of aryl methyl sites for hydroxylation is 3. The fourth-order valence-corrected chi connectivity index (χ4v) is 2.80. The lowest BCUT2D eigenvalue weighted by atomic mass is 10.0. The predicted molar refractivity (Wildman–Crippen MR) is 82.3 cm³/mol. The molecule has 4 heteroatoms. The zero-order chi connectivity index (χ0) is 15.1. The van der Waals surface area contributed by atoms with E-state index in [0.29, 0.717) is 12.2 Å². The van der Waals surface area contributed by atoms with Crippen molar-refractivity contribution in [1.29, 1.82) is 0 Å². The molecule has 0 aliphatic rings. The number of benzene rings is 1. The Labute approximate surface area is 124 Å². The molecule has 4 nitrogen and oxygen atoms in total. The molecule has 0 saturated heterocycles. The molecule has 0 aliphatic carbocycles. The summed E-state index contributed by atoms with van der Waals surface area (Å²) in [6.07, 6.45) is -0.136. The summed E-state index contributed by atoms with van der Waals surface area (Å²) >= 11 is 0. The zero-order valence-electron chi connectivity index (χ0n) is 12.8. The summed E-state index contributed by atoms with van der Waals surface area (Å²) in [7, 11) is 1.92. The Morgan fingerprint density at radius 2 is 2.05 bits per heavy atom. The van der Waals surface area contributed by atoms with Crippen molar-refractivity contribution in [3.8, 4) is 0 Å². The van der Waals surface area contributed by atoms with Gasteiger partial charge >= 0.3 is 0 Å². The molecule has 0 bridgehead atoms. The molecule has 1 aromatic carbocycles. The van der Waals surface area contributed by atoms with Crippen LogP contribution in [0.1, 0.15) is 34.4 Å². The Morgan fingerprint density at radius 1 is 1.29 bits per heavy atom. The molecule has 1 N–H and O–H groups in total. The number of nitrogens with zero attached hydrogens (tertiary/aromatic N) is 2. The number of aliphatic hydroxyl groups is 1. The average Bonchev–Trinajstić information content (AvgIpc) is 2.97. The van der Waals surface area contributed by atoms with Gasteiger partial charge in [0, 0.05) is 24.5 Å². The van der Waals surface area contributed by atoms with E-state index in [-0.39, 0.29) is 0 Å². The molecule has 0 fully saturated rings. The molecule has 21 heavy (non-hydrogen) atoms. The molecule has 0 radical (unpaired) electrons. The SMILES string of the molecule is Cc1nn(C)c(C)c1CC(O)c1cc2cccc(C)c2o1. The third-order valence-corrected chi connectivity index (χ3v) is 4.14.